The zero-order chi connectivity index (χ0) is 19.3. The summed E-state index contributed by atoms with van der Waals surface area (Å²) in [6.45, 7) is 0.847. The molecule has 0 unspecified atom stereocenters. The number of rotatable bonds is 5. The lowest BCUT2D eigenvalue weighted by Crippen LogP contribution is -2.30. The molecule has 1 aliphatic rings. The zero-order valence-corrected chi connectivity index (χ0v) is 15.2. The van der Waals surface area contributed by atoms with E-state index in [4.69, 9.17) is 4.74 Å². The van der Waals surface area contributed by atoms with E-state index in [0.717, 1.165) is 11.1 Å². The predicted octanol–water partition coefficient (Wildman–Crippen LogP) is 4.16. The largest absolute Gasteiger partial charge is 0.447 e. The molecule has 0 atom stereocenters. The van der Waals surface area contributed by atoms with Crippen LogP contribution in [0.1, 0.15) is 27.5 Å². The number of cyclic esters (lactones) is 1. The minimum Gasteiger partial charge on any atom is -0.447 e. The average molecular weight is 372 g/mol. The summed E-state index contributed by atoms with van der Waals surface area (Å²) in [6.07, 6.45) is -0.385. The number of nitrogens with one attached hydrogen (secondary N) is 1. The summed E-state index contributed by atoms with van der Waals surface area (Å²) in [7, 11) is 0. The smallest absolute Gasteiger partial charge is 0.414 e. The van der Waals surface area contributed by atoms with Gasteiger partial charge in [-0.05, 0) is 29.3 Å². The number of nitrogens with zero attached hydrogens (tertiary/aromatic N) is 1. The number of ether oxygens (including phenoxy) is 1. The molecule has 0 aliphatic carbocycles. The number of hydrogen-bond acceptors (Lipinski definition) is 3. The van der Waals surface area contributed by atoms with Gasteiger partial charge in [0, 0.05) is 11.3 Å². The van der Waals surface area contributed by atoms with Crippen molar-refractivity contribution >= 4 is 17.7 Å². The van der Waals surface area contributed by atoms with Crippen molar-refractivity contribution in [3.05, 3.63) is 102 Å². The number of carbonyl (C=O) groups excluding carboxylic acids is 2. The SMILES string of the molecule is O=C(NC(c1ccccc1)c1ccccc1)c1cccc(N2CCOC2=O)c1. The Morgan fingerprint density at radius 1 is 0.893 bits per heavy atom. The fraction of sp³-hybridized carbons (Fsp3) is 0.130. The van der Waals surface area contributed by atoms with Gasteiger partial charge in [-0.3, -0.25) is 9.69 Å². The molecule has 1 saturated heterocycles. The van der Waals surface area contributed by atoms with Crippen LogP contribution in [0.2, 0.25) is 0 Å². The van der Waals surface area contributed by atoms with E-state index in [1.54, 1.807) is 24.3 Å². The third-order valence-corrected chi connectivity index (χ3v) is 4.72. The van der Waals surface area contributed by atoms with Crippen molar-refractivity contribution in [1.82, 2.24) is 5.32 Å². The molecule has 140 valence electrons. The van der Waals surface area contributed by atoms with Gasteiger partial charge >= 0.3 is 6.09 Å². The maximum absolute atomic E-state index is 13.0. The molecular weight excluding hydrogens is 352 g/mol. The maximum atomic E-state index is 13.0. The first-order chi connectivity index (χ1) is 13.7. The van der Waals surface area contributed by atoms with Crippen molar-refractivity contribution in [3.63, 3.8) is 0 Å². The Kier molecular flexibility index (Phi) is 5.06. The topological polar surface area (TPSA) is 58.6 Å². The summed E-state index contributed by atoms with van der Waals surface area (Å²) in [5.41, 5.74) is 3.16. The van der Waals surface area contributed by atoms with Gasteiger partial charge < -0.3 is 10.1 Å². The van der Waals surface area contributed by atoms with E-state index in [9.17, 15) is 9.59 Å². The summed E-state index contributed by atoms with van der Waals surface area (Å²) < 4.78 is 4.99. The summed E-state index contributed by atoms with van der Waals surface area (Å²) in [5.74, 6) is -0.202. The monoisotopic (exact) mass is 372 g/mol. The van der Waals surface area contributed by atoms with Crippen LogP contribution in [-0.2, 0) is 4.74 Å². The molecule has 0 saturated carbocycles. The minimum absolute atomic E-state index is 0.202. The van der Waals surface area contributed by atoms with Gasteiger partial charge in [0.1, 0.15) is 6.61 Å². The first kappa shape index (κ1) is 17.8. The van der Waals surface area contributed by atoms with E-state index in [1.165, 1.54) is 4.90 Å². The Hall–Kier alpha value is -3.60. The molecule has 0 bridgehead atoms. The molecule has 5 nitrogen and oxygen atoms in total. The van der Waals surface area contributed by atoms with Gasteiger partial charge in [0.25, 0.3) is 5.91 Å². The highest BCUT2D eigenvalue weighted by atomic mass is 16.6. The van der Waals surface area contributed by atoms with Crippen molar-refractivity contribution in [3.8, 4) is 0 Å². The Bertz CT molecular complexity index is 934. The van der Waals surface area contributed by atoms with Crippen LogP contribution in [-0.4, -0.2) is 25.2 Å². The van der Waals surface area contributed by atoms with Crippen LogP contribution in [0, 0.1) is 0 Å². The van der Waals surface area contributed by atoms with Crippen LogP contribution >= 0.6 is 0 Å². The second-order valence-corrected chi connectivity index (χ2v) is 6.54. The van der Waals surface area contributed by atoms with Gasteiger partial charge in [-0.2, -0.15) is 0 Å². The van der Waals surface area contributed by atoms with E-state index in [2.05, 4.69) is 5.32 Å². The minimum atomic E-state index is -0.385. The zero-order valence-electron chi connectivity index (χ0n) is 15.2. The lowest BCUT2D eigenvalue weighted by atomic mass is 9.98. The highest BCUT2D eigenvalue weighted by Crippen LogP contribution is 2.24. The van der Waals surface area contributed by atoms with Gasteiger partial charge in [0.2, 0.25) is 0 Å². The molecule has 0 aromatic heterocycles. The lowest BCUT2D eigenvalue weighted by Gasteiger charge is -2.20. The molecule has 3 aromatic rings. The van der Waals surface area contributed by atoms with Crippen LogP contribution in [0.25, 0.3) is 0 Å². The predicted molar refractivity (Wildman–Crippen MR) is 107 cm³/mol. The third kappa shape index (κ3) is 3.74. The summed E-state index contributed by atoms with van der Waals surface area (Å²) >= 11 is 0. The Labute approximate surface area is 163 Å². The van der Waals surface area contributed by atoms with Crippen molar-refractivity contribution in [2.24, 2.45) is 0 Å². The van der Waals surface area contributed by atoms with E-state index in [-0.39, 0.29) is 18.0 Å². The Balaban J connectivity index is 1.61. The van der Waals surface area contributed by atoms with Gasteiger partial charge in [0.15, 0.2) is 0 Å². The van der Waals surface area contributed by atoms with Gasteiger partial charge in [-0.1, -0.05) is 66.7 Å². The van der Waals surface area contributed by atoms with E-state index in [0.29, 0.717) is 24.4 Å². The average Bonchev–Trinajstić information content (AvgIpc) is 3.19. The number of amides is 2. The Morgan fingerprint density at radius 3 is 2.11 bits per heavy atom. The third-order valence-electron chi connectivity index (χ3n) is 4.72. The molecule has 1 N–H and O–H groups in total. The second kappa shape index (κ2) is 7.96. The Morgan fingerprint density at radius 2 is 1.54 bits per heavy atom. The fourth-order valence-electron chi connectivity index (χ4n) is 3.31. The summed E-state index contributed by atoms with van der Waals surface area (Å²) in [5, 5.41) is 3.12. The van der Waals surface area contributed by atoms with Gasteiger partial charge in [-0.25, -0.2) is 4.79 Å². The highest BCUT2D eigenvalue weighted by molar-refractivity contribution is 5.97. The van der Waals surface area contributed by atoms with E-state index in [1.807, 2.05) is 60.7 Å². The maximum Gasteiger partial charge on any atom is 0.414 e. The number of anilines is 1. The van der Waals surface area contributed by atoms with Crippen molar-refractivity contribution in [1.29, 1.82) is 0 Å². The normalized spacial score (nSPS) is 13.5. The lowest BCUT2D eigenvalue weighted by molar-refractivity contribution is 0.0943. The van der Waals surface area contributed by atoms with Gasteiger partial charge in [0.05, 0.1) is 12.6 Å². The summed E-state index contributed by atoms with van der Waals surface area (Å²) in [6, 6.07) is 26.5. The van der Waals surface area contributed by atoms with Crippen LogP contribution in [0.3, 0.4) is 0 Å². The number of benzene rings is 3. The fourth-order valence-corrected chi connectivity index (χ4v) is 3.31. The first-order valence-corrected chi connectivity index (χ1v) is 9.17. The van der Waals surface area contributed by atoms with Crippen molar-refractivity contribution < 1.29 is 14.3 Å². The molecule has 2 amide bonds. The molecule has 0 radical (unpaired) electrons. The number of carbonyl (C=O) groups is 2. The molecule has 4 rings (SSSR count). The first-order valence-electron chi connectivity index (χ1n) is 9.17. The molecule has 1 fully saturated rings. The molecule has 1 aliphatic heterocycles. The van der Waals surface area contributed by atoms with Gasteiger partial charge in [-0.15, -0.1) is 0 Å². The summed E-state index contributed by atoms with van der Waals surface area (Å²) in [4.78, 5) is 26.3. The van der Waals surface area contributed by atoms with Crippen LogP contribution in [0.15, 0.2) is 84.9 Å². The molecule has 0 spiro atoms. The van der Waals surface area contributed by atoms with Crippen LogP contribution < -0.4 is 10.2 Å². The highest BCUT2D eigenvalue weighted by Gasteiger charge is 2.24. The molecule has 28 heavy (non-hydrogen) atoms. The molecule has 5 heteroatoms. The standard InChI is InChI=1S/C23H20N2O3/c26-22(19-12-7-13-20(16-19)25-14-15-28-23(25)27)24-21(17-8-3-1-4-9-17)18-10-5-2-6-11-18/h1-13,16,21H,14-15H2,(H,24,26). The van der Waals surface area contributed by atoms with Crippen LogP contribution in [0.5, 0.6) is 0 Å². The van der Waals surface area contributed by atoms with Crippen molar-refractivity contribution in [2.45, 2.75) is 6.04 Å². The molecule has 1 heterocycles. The van der Waals surface area contributed by atoms with Crippen molar-refractivity contribution in [2.75, 3.05) is 18.1 Å². The quantitative estimate of drug-likeness (QED) is 0.731. The van der Waals surface area contributed by atoms with E-state index >= 15 is 0 Å². The number of hydrogen-bond donors (Lipinski definition) is 1. The second-order valence-electron chi connectivity index (χ2n) is 6.54. The molecule has 3 aromatic carbocycles. The molecular formula is C23H20N2O3. The van der Waals surface area contributed by atoms with E-state index < -0.39 is 0 Å². The van der Waals surface area contributed by atoms with Crippen LogP contribution in [0.4, 0.5) is 10.5 Å².